The number of sulfonamides is 1. The molecule has 4 aliphatic rings. The van der Waals surface area contributed by atoms with Crippen LogP contribution in [0.1, 0.15) is 70.6 Å². The lowest BCUT2D eigenvalue weighted by atomic mass is 9.83. The highest BCUT2D eigenvalue weighted by atomic mass is 35.5. The number of carboxylic acids is 1. The molecule has 13 heteroatoms. The van der Waals surface area contributed by atoms with E-state index in [0.29, 0.717) is 38.5 Å². The highest BCUT2D eigenvalue weighted by Gasteiger charge is 2.51. The fraction of sp³-hybridized carbons (Fsp3) is 0.958. The van der Waals surface area contributed by atoms with Crippen molar-refractivity contribution >= 4 is 27.6 Å². The molecule has 0 aromatic rings. The number of alkyl halides is 5. The Morgan fingerprint density at radius 2 is 1.81 bits per heavy atom. The Hall–Kier alpha value is -0.690. The van der Waals surface area contributed by atoms with Gasteiger partial charge >= 0.3 is 12.1 Å². The first-order valence-corrected chi connectivity index (χ1v) is 15.1. The molecule has 0 bridgehead atoms. The van der Waals surface area contributed by atoms with Gasteiger partial charge in [0.05, 0.1) is 47.8 Å². The van der Waals surface area contributed by atoms with E-state index in [1.54, 1.807) is 0 Å². The monoisotopic (exact) mass is 577 g/mol. The van der Waals surface area contributed by atoms with Crippen molar-refractivity contribution in [2.45, 2.75) is 118 Å². The van der Waals surface area contributed by atoms with Gasteiger partial charge in [0.2, 0.25) is 10.0 Å². The van der Waals surface area contributed by atoms with Crippen LogP contribution in [-0.4, -0.2) is 84.3 Å². The average Bonchev–Trinajstić information content (AvgIpc) is 2.82. The van der Waals surface area contributed by atoms with E-state index >= 15 is 0 Å². The molecule has 3 aliphatic carbocycles. The van der Waals surface area contributed by atoms with Gasteiger partial charge in [-0.25, -0.2) is 12.8 Å². The minimum Gasteiger partial charge on any atom is -0.481 e. The van der Waals surface area contributed by atoms with E-state index in [-0.39, 0.29) is 38.3 Å². The van der Waals surface area contributed by atoms with Gasteiger partial charge in [-0.1, -0.05) is 6.42 Å². The Bertz CT molecular complexity index is 898. The van der Waals surface area contributed by atoms with Crippen LogP contribution in [0.4, 0.5) is 17.6 Å². The van der Waals surface area contributed by atoms with Gasteiger partial charge < -0.3 is 14.6 Å². The zero-order chi connectivity index (χ0) is 27.0. The number of aliphatic carboxylic acids is 1. The molecular formula is C24H36ClF4NO6S. The van der Waals surface area contributed by atoms with E-state index in [2.05, 4.69) is 0 Å². The summed E-state index contributed by atoms with van der Waals surface area (Å²) in [5.74, 6) is -2.92. The van der Waals surface area contributed by atoms with Crippen LogP contribution in [-0.2, 0) is 24.3 Å². The number of carboxylic acid groups (broad SMARTS) is 1. The minimum atomic E-state index is -4.46. The summed E-state index contributed by atoms with van der Waals surface area (Å²) in [6.07, 6.45) is -5.33. The van der Waals surface area contributed by atoms with Crippen molar-refractivity contribution in [3.05, 3.63) is 0 Å². The molecule has 214 valence electrons. The number of ether oxygens (including phenoxy) is 2. The molecule has 7 nitrogen and oxygen atoms in total. The van der Waals surface area contributed by atoms with Crippen molar-refractivity contribution in [1.29, 1.82) is 0 Å². The van der Waals surface area contributed by atoms with Crippen LogP contribution in [0.3, 0.4) is 0 Å². The van der Waals surface area contributed by atoms with Crippen LogP contribution in [0.25, 0.3) is 0 Å². The maximum absolute atomic E-state index is 14.4. The summed E-state index contributed by atoms with van der Waals surface area (Å²) < 4.78 is 95.2. The maximum atomic E-state index is 14.4. The van der Waals surface area contributed by atoms with Crippen LogP contribution < -0.4 is 0 Å². The molecule has 0 aromatic heterocycles. The summed E-state index contributed by atoms with van der Waals surface area (Å²) in [7, 11) is -4.16. The number of hydrogen-bond donors (Lipinski definition) is 1. The normalized spacial score (nSPS) is 40.2. The fourth-order valence-electron chi connectivity index (χ4n) is 6.47. The second kappa shape index (κ2) is 11.8. The fourth-order valence-corrected chi connectivity index (χ4v) is 9.15. The van der Waals surface area contributed by atoms with Crippen LogP contribution in [0.15, 0.2) is 0 Å². The van der Waals surface area contributed by atoms with Crippen molar-refractivity contribution in [2.75, 3.05) is 13.2 Å². The van der Waals surface area contributed by atoms with E-state index in [9.17, 15) is 35.9 Å². The van der Waals surface area contributed by atoms with Gasteiger partial charge in [0, 0.05) is 6.54 Å². The van der Waals surface area contributed by atoms with E-state index in [1.165, 1.54) is 4.31 Å². The number of morpholine rings is 1. The van der Waals surface area contributed by atoms with Gasteiger partial charge in [-0.2, -0.15) is 17.5 Å². The summed E-state index contributed by atoms with van der Waals surface area (Å²) in [5, 5.41) is 7.66. The molecule has 4 fully saturated rings. The Labute approximate surface area is 220 Å². The third-order valence-corrected chi connectivity index (χ3v) is 11.2. The number of halogens is 5. The summed E-state index contributed by atoms with van der Waals surface area (Å²) >= 11 is 6.28. The van der Waals surface area contributed by atoms with Crippen LogP contribution >= 0.6 is 11.6 Å². The molecule has 3 saturated carbocycles. The zero-order valence-electron chi connectivity index (χ0n) is 20.6. The molecule has 9 atom stereocenters. The maximum Gasteiger partial charge on any atom is 0.391 e. The molecule has 1 saturated heterocycles. The third kappa shape index (κ3) is 6.91. The van der Waals surface area contributed by atoms with Gasteiger partial charge in [0.15, 0.2) is 0 Å². The summed E-state index contributed by atoms with van der Waals surface area (Å²) in [5.41, 5.74) is 0. The molecular weight excluding hydrogens is 542 g/mol. The van der Waals surface area contributed by atoms with Crippen LogP contribution in [0.2, 0.25) is 0 Å². The molecule has 0 spiro atoms. The summed E-state index contributed by atoms with van der Waals surface area (Å²) in [4.78, 5) is 11.3. The summed E-state index contributed by atoms with van der Waals surface area (Å²) in [6.45, 7) is -0.0148. The zero-order valence-corrected chi connectivity index (χ0v) is 22.2. The number of carbonyl (C=O) groups is 1. The first-order valence-electron chi connectivity index (χ1n) is 13.2. The predicted molar refractivity (Wildman–Crippen MR) is 128 cm³/mol. The van der Waals surface area contributed by atoms with Crippen molar-refractivity contribution in [3.8, 4) is 0 Å². The SMILES string of the molecule is O=C(O)C[C@H]1CN(S(=O)(=O)C2CCCC(C(F)(F)F)C2)C2CC(COC3C(F)CCCC3Cl)CCC2O1. The molecule has 1 aliphatic heterocycles. The molecule has 0 amide bonds. The van der Waals surface area contributed by atoms with E-state index in [1.807, 2.05) is 0 Å². The topological polar surface area (TPSA) is 93.1 Å². The van der Waals surface area contributed by atoms with Crippen molar-refractivity contribution in [3.63, 3.8) is 0 Å². The highest BCUT2D eigenvalue weighted by Crippen LogP contribution is 2.43. The molecule has 1 N–H and O–H groups in total. The third-order valence-electron chi connectivity index (χ3n) is 8.42. The Balaban J connectivity index is 1.49. The average molecular weight is 578 g/mol. The number of hydrogen-bond acceptors (Lipinski definition) is 5. The predicted octanol–water partition coefficient (Wildman–Crippen LogP) is 4.66. The second-order valence-corrected chi connectivity index (χ2v) is 13.8. The summed E-state index contributed by atoms with van der Waals surface area (Å²) in [6, 6.07) is -0.636. The van der Waals surface area contributed by atoms with Gasteiger partial charge in [0.1, 0.15) is 12.3 Å². The lowest BCUT2D eigenvalue weighted by Crippen LogP contribution is -2.61. The van der Waals surface area contributed by atoms with E-state index in [4.69, 9.17) is 21.1 Å². The first kappa shape index (κ1) is 29.3. The van der Waals surface area contributed by atoms with E-state index in [0.717, 1.165) is 0 Å². The molecule has 0 radical (unpaired) electrons. The Kier molecular flexibility index (Phi) is 9.36. The molecule has 4 rings (SSSR count). The Morgan fingerprint density at radius 3 is 2.49 bits per heavy atom. The first-order chi connectivity index (χ1) is 17.4. The molecule has 8 unspecified atom stereocenters. The molecule has 0 aromatic carbocycles. The largest absolute Gasteiger partial charge is 0.481 e. The van der Waals surface area contributed by atoms with Crippen molar-refractivity contribution in [1.82, 2.24) is 4.31 Å². The smallest absolute Gasteiger partial charge is 0.391 e. The molecule has 1 heterocycles. The van der Waals surface area contributed by atoms with Gasteiger partial charge in [-0.15, -0.1) is 11.6 Å². The van der Waals surface area contributed by atoms with Crippen molar-refractivity contribution < 1.29 is 45.4 Å². The highest BCUT2D eigenvalue weighted by molar-refractivity contribution is 7.89. The minimum absolute atomic E-state index is 0.0932. The number of fused-ring (bicyclic) bond motifs is 1. The lowest BCUT2D eigenvalue weighted by Gasteiger charge is -2.49. The quantitative estimate of drug-likeness (QED) is 0.349. The standard InChI is InChI=1S/C24H36ClF4NO6S/c25-18-5-2-6-19(26)23(18)35-13-14-7-8-21-20(9-14)30(12-16(36-21)11-22(31)32)37(33,34)17-4-1-3-15(10-17)24(27,28)29/h14-21,23H,1-13H2,(H,31,32)/t14?,15?,16-,17?,18?,19?,20?,21?,23?/m0/s1. The van der Waals surface area contributed by atoms with Crippen molar-refractivity contribution in [2.24, 2.45) is 11.8 Å². The number of rotatable bonds is 7. The van der Waals surface area contributed by atoms with Gasteiger partial charge in [0.25, 0.3) is 0 Å². The Morgan fingerprint density at radius 1 is 1.08 bits per heavy atom. The van der Waals surface area contributed by atoms with Gasteiger partial charge in [-0.3, -0.25) is 4.79 Å². The lowest BCUT2D eigenvalue weighted by molar-refractivity contribution is -0.181. The van der Waals surface area contributed by atoms with Gasteiger partial charge in [-0.05, 0) is 63.7 Å². The van der Waals surface area contributed by atoms with Crippen LogP contribution in [0.5, 0.6) is 0 Å². The second-order valence-electron chi connectivity index (χ2n) is 11.0. The van der Waals surface area contributed by atoms with E-state index < -0.39 is 82.1 Å². The molecule has 37 heavy (non-hydrogen) atoms. The van der Waals surface area contributed by atoms with Crippen LogP contribution in [0, 0.1) is 11.8 Å². The number of nitrogens with zero attached hydrogens (tertiary/aromatic N) is 1.